The molecule has 44 heavy (non-hydrogen) atoms. The third kappa shape index (κ3) is 6.46. The van der Waals surface area contributed by atoms with Gasteiger partial charge in [0.05, 0.1) is 23.1 Å². The van der Waals surface area contributed by atoms with E-state index < -0.39 is 22.1 Å². The maximum Gasteiger partial charge on any atom is 0.326 e. The van der Waals surface area contributed by atoms with Gasteiger partial charge in [-0.1, -0.05) is 47.5 Å². The number of aliphatic hydroxyl groups excluding tert-OH is 1. The SMILES string of the molecule is CCOc1ccc(S(=O)(=O)N(C)C)cc1C1=NC(c2ccc(Cl)cc2)C(c2ccc(Cl)cc2)N1C(=O)N1CCC(CO)CC1. The highest BCUT2D eigenvalue weighted by atomic mass is 35.5. The van der Waals surface area contributed by atoms with Crippen LogP contribution in [-0.4, -0.2) is 79.9 Å². The van der Waals surface area contributed by atoms with E-state index in [1.165, 1.54) is 26.2 Å². The van der Waals surface area contributed by atoms with Crippen LogP contribution in [0, 0.1) is 5.92 Å². The molecule has 0 bridgehead atoms. The van der Waals surface area contributed by atoms with Gasteiger partial charge in [0.15, 0.2) is 0 Å². The number of urea groups is 1. The van der Waals surface area contributed by atoms with Gasteiger partial charge in [-0.25, -0.2) is 17.5 Å². The number of halogens is 2. The lowest BCUT2D eigenvalue weighted by molar-refractivity contribution is 0.120. The fourth-order valence-corrected chi connectivity index (χ4v) is 6.83. The molecule has 12 heteroatoms. The van der Waals surface area contributed by atoms with Gasteiger partial charge in [-0.3, -0.25) is 9.89 Å². The number of hydrogen-bond donors (Lipinski definition) is 1. The lowest BCUT2D eigenvalue weighted by Gasteiger charge is -2.37. The zero-order valence-corrected chi connectivity index (χ0v) is 27.2. The fraction of sp³-hybridized carbons (Fsp3) is 0.375. The second-order valence-corrected chi connectivity index (χ2v) is 14.1. The largest absolute Gasteiger partial charge is 0.493 e. The van der Waals surface area contributed by atoms with Gasteiger partial charge >= 0.3 is 6.03 Å². The molecule has 0 spiro atoms. The number of piperidine rings is 1. The topological polar surface area (TPSA) is 103 Å². The van der Waals surface area contributed by atoms with Crippen molar-refractivity contribution in [3.63, 3.8) is 0 Å². The monoisotopic (exact) mass is 658 g/mol. The summed E-state index contributed by atoms with van der Waals surface area (Å²) in [4.78, 5) is 23.3. The number of aliphatic hydroxyl groups is 1. The second kappa shape index (κ2) is 13.5. The first-order valence-electron chi connectivity index (χ1n) is 14.5. The molecule has 1 N–H and O–H groups in total. The van der Waals surface area contributed by atoms with Crippen LogP contribution in [0.4, 0.5) is 4.79 Å². The van der Waals surface area contributed by atoms with Crippen molar-refractivity contribution in [1.29, 1.82) is 0 Å². The standard InChI is InChI=1S/C32H36Cl2N4O5S/c1-4-43-28-14-13-26(44(41,42)36(2)3)19-27(28)31-35-29(22-5-9-24(33)10-6-22)30(23-7-11-25(34)12-8-23)38(31)32(40)37-17-15-21(20-39)16-18-37/h5-14,19,21,29-30,39H,4,15-18,20H2,1-3H3. The van der Waals surface area contributed by atoms with E-state index in [1.807, 2.05) is 31.2 Å². The van der Waals surface area contributed by atoms with Gasteiger partial charge in [-0.2, -0.15) is 0 Å². The maximum atomic E-state index is 14.6. The van der Waals surface area contributed by atoms with Crippen molar-refractivity contribution in [3.05, 3.63) is 93.5 Å². The lowest BCUT2D eigenvalue weighted by Crippen LogP contribution is -2.49. The van der Waals surface area contributed by atoms with E-state index in [-0.39, 0.29) is 23.5 Å². The predicted molar refractivity (Wildman–Crippen MR) is 172 cm³/mol. The number of nitrogens with zero attached hydrogens (tertiary/aromatic N) is 4. The Labute approximate surface area is 268 Å². The first kappa shape index (κ1) is 32.2. The molecule has 0 radical (unpaired) electrons. The van der Waals surface area contributed by atoms with Crippen LogP contribution in [0.3, 0.4) is 0 Å². The molecule has 2 atom stereocenters. The molecule has 1 saturated heterocycles. The van der Waals surface area contributed by atoms with Crippen molar-refractivity contribution in [2.45, 2.75) is 36.7 Å². The molecule has 1 fully saturated rings. The van der Waals surface area contributed by atoms with Crippen molar-refractivity contribution in [2.75, 3.05) is 40.4 Å². The molecular weight excluding hydrogens is 623 g/mol. The molecule has 9 nitrogen and oxygen atoms in total. The van der Waals surface area contributed by atoms with Gasteiger partial charge < -0.3 is 14.7 Å². The third-order valence-corrected chi connectivity index (χ3v) is 10.4. The maximum absolute atomic E-state index is 14.6. The quantitative estimate of drug-likeness (QED) is 0.319. The molecule has 3 aromatic rings. The molecular formula is C32H36Cl2N4O5S. The summed E-state index contributed by atoms with van der Waals surface area (Å²) in [5.41, 5.74) is 2.03. The number of rotatable bonds is 8. The number of ether oxygens (including phenoxy) is 1. The Hall–Kier alpha value is -3.15. The zero-order valence-electron chi connectivity index (χ0n) is 24.9. The predicted octanol–water partition coefficient (Wildman–Crippen LogP) is 6.01. The van der Waals surface area contributed by atoms with Gasteiger partial charge in [-0.05, 0) is 79.3 Å². The number of carbonyl (C=O) groups is 1. The van der Waals surface area contributed by atoms with Crippen molar-refractivity contribution < 1.29 is 23.1 Å². The van der Waals surface area contributed by atoms with E-state index in [1.54, 1.807) is 40.1 Å². The summed E-state index contributed by atoms with van der Waals surface area (Å²) in [6, 6.07) is 17.9. The molecule has 3 aromatic carbocycles. The smallest absolute Gasteiger partial charge is 0.326 e. The van der Waals surface area contributed by atoms with Crippen molar-refractivity contribution in [1.82, 2.24) is 14.1 Å². The Morgan fingerprint density at radius 2 is 1.57 bits per heavy atom. The molecule has 234 valence electrons. The Bertz CT molecular complexity index is 1620. The molecule has 2 heterocycles. The van der Waals surface area contributed by atoms with Gasteiger partial charge in [0.1, 0.15) is 17.6 Å². The van der Waals surface area contributed by atoms with E-state index in [9.17, 15) is 18.3 Å². The number of benzene rings is 3. The minimum absolute atomic E-state index is 0.0535. The summed E-state index contributed by atoms with van der Waals surface area (Å²) < 4.78 is 33.6. The number of carbonyl (C=O) groups excluding carboxylic acids is 1. The van der Waals surface area contributed by atoms with Gasteiger partial charge in [0, 0.05) is 43.8 Å². The molecule has 0 saturated carbocycles. The Balaban J connectivity index is 1.73. The number of amides is 2. The number of sulfonamides is 1. The van der Waals surface area contributed by atoms with Gasteiger partial charge in [0.2, 0.25) is 10.0 Å². The van der Waals surface area contributed by atoms with Gasteiger partial charge in [0.25, 0.3) is 0 Å². The minimum Gasteiger partial charge on any atom is -0.493 e. The minimum atomic E-state index is -3.81. The Morgan fingerprint density at radius 1 is 0.977 bits per heavy atom. The lowest BCUT2D eigenvalue weighted by atomic mass is 9.93. The van der Waals surface area contributed by atoms with E-state index in [4.69, 9.17) is 32.9 Å². The fourth-order valence-electron chi connectivity index (χ4n) is 5.65. The molecule has 2 aliphatic rings. The van der Waals surface area contributed by atoms with Crippen LogP contribution in [0.1, 0.15) is 48.5 Å². The first-order chi connectivity index (χ1) is 21.0. The van der Waals surface area contributed by atoms with Crippen molar-refractivity contribution >= 4 is 45.1 Å². The normalized spacial score (nSPS) is 19.4. The van der Waals surface area contributed by atoms with Crippen LogP contribution >= 0.6 is 23.2 Å². The summed E-state index contributed by atoms with van der Waals surface area (Å²) in [5, 5.41) is 10.8. The first-order valence-corrected chi connectivity index (χ1v) is 16.7. The molecule has 2 aliphatic heterocycles. The van der Waals surface area contributed by atoms with E-state index in [0.717, 1.165) is 15.4 Å². The van der Waals surface area contributed by atoms with Crippen LogP contribution in [0.15, 0.2) is 76.6 Å². The van der Waals surface area contributed by atoms with E-state index >= 15 is 0 Å². The van der Waals surface area contributed by atoms with E-state index in [0.29, 0.717) is 59.7 Å². The Morgan fingerprint density at radius 3 is 2.11 bits per heavy atom. The highest BCUT2D eigenvalue weighted by Crippen LogP contribution is 2.46. The van der Waals surface area contributed by atoms with Gasteiger partial charge in [-0.15, -0.1) is 0 Å². The van der Waals surface area contributed by atoms with E-state index in [2.05, 4.69) is 0 Å². The van der Waals surface area contributed by atoms with Crippen LogP contribution in [0.5, 0.6) is 5.75 Å². The summed E-state index contributed by atoms with van der Waals surface area (Å²) in [6.45, 7) is 3.19. The summed E-state index contributed by atoms with van der Waals surface area (Å²) in [6.07, 6.45) is 1.35. The number of amidine groups is 1. The van der Waals surface area contributed by atoms with Crippen LogP contribution in [0.2, 0.25) is 10.0 Å². The second-order valence-electron chi connectivity index (χ2n) is 11.1. The van der Waals surface area contributed by atoms with Crippen LogP contribution in [0.25, 0.3) is 0 Å². The summed E-state index contributed by atoms with van der Waals surface area (Å²) in [7, 11) is -0.873. The summed E-state index contributed by atoms with van der Waals surface area (Å²) >= 11 is 12.5. The van der Waals surface area contributed by atoms with Crippen molar-refractivity contribution in [2.24, 2.45) is 10.9 Å². The molecule has 0 aromatic heterocycles. The van der Waals surface area contributed by atoms with Crippen molar-refractivity contribution in [3.8, 4) is 5.75 Å². The molecule has 2 unspecified atom stereocenters. The highest BCUT2D eigenvalue weighted by Gasteiger charge is 2.45. The zero-order chi connectivity index (χ0) is 31.6. The molecule has 0 aliphatic carbocycles. The number of aliphatic imine (C=N–C) groups is 1. The molecule has 5 rings (SSSR count). The number of likely N-dealkylation sites (tertiary alicyclic amines) is 1. The third-order valence-electron chi connectivity index (χ3n) is 8.11. The average Bonchev–Trinajstić information content (AvgIpc) is 3.42. The highest BCUT2D eigenvalue weighted by molar-refractivity contribution is 7.89. The number of hydrogen-bond acceptors (Lipinski definition) is 6. The Kier molecular flexibility index (Phi) is 9.86. The van der Waals surface area contributed by atoms with Crippen LogP contribution in [-0.2, 0) is 10.0 Å². The summed E-state index contributed by atoms with van der Waals surface area (Å²) in [5.74, 6) is 0.850. The average molecular weight is 660 g/mol. The molecule has 2 amide bonds. The van der Waals surface area contributed by atoms with Crippen LogP contribution < -0.4 is 4.74 Å².